The third-order valence-electron chi connectivity index (χ3n) is 4.75. The first-order valence-corrected chi connectivity index (χ1v) is 8.70. The number of carbonyl (C=O) groups is 1. The fraction of sp³-hybridized carbons (Fsp3) is 0.474. The molecular formula is C19H26N4O2. The second-order valence-electron chi connectivity index (χ2n) is 6.74. The van der Waals surface area contributed by atoms with E-state index < -0.39 is 0 Å². The lowest BCUT2D eigenvalue weighted by Gasteiger charge is -2.23. The van der Waals surface area contributed by atoms with Crippen molar-refractivity contribution in [1.29, 1.82) is 0 Å². The molecule has 2 aromatic rings. The number of aryl methyl sites for hydroxylation is 1. The van der Waals surface area contributed by atoms with Crippen molar-refractivity contribution in [2.45, 2.75) is 32.5 Å². The van der Waals surface area contributed by atoms with Crippen molar-refractivity contribution in [2.75, 3.05) is 27.2 Å². The van der Waals surface area contributed by atoms with E-state index in [0.717, 1.165) is 44.3 Å². The van der Waals surface area contributed by atoms with Crippen LogP contribution in [0.15, 0.2) is 34.9 Å². The highest BCUT2D eigenvalue weighted by Gasteiger charge is 2.26. The van der Waals surface area contributed by atoms with Gasteiger partial charge in [0.2, 0.25) is 5.89 Å². The summed E-state index contributed by atoms with van der Waals surface area (Å²) in [4.78, 5) is 20.8. The van der Waals surface area contributed by atoms with Crippen LogP contribution in [0, 0.1) is 6.92 Å². The molecule has 25 heavy (non-hydrogen) atoms. The maximum Gasteiger partial charge on any atom is 0.251 e. The Bertz CT molecular complexity index is 728. The first-order valence-electron chi connectivity index (χ1n) is 8.70. The lowest BCUT2D eigenvalue weighted by molar-refractivity contribution is 0.0963. The van der Waals surface area contributed by atoms with Crippen LogP contribution in [-0.2, 0) is 13.1 Å². The van der Waals surface area contributed by atoms with E-state index in [2.05, 4.69) is 33.2 Å². The van der Waals surface area contributed by atoms with Gasteiger partial charge in [0, 0.05) is 38.3 Å². The van der Waals surface area contributed by atoms with Gasteiger partial charge in [-0.25, -0.2) is 4.98 Å². The molecule has 0 aliphatic carbocycles. The average Bonchev–Trinajstić information content (AvgIpc) is 3.23. The number of likely N-dealkylation sites (tertiary alicyclic amines) is 1. The highest BCUT2D eigenvalue weighted by Crippen LogP contribution is 2.19. The topological polar surface area (TPSA) is 61.6 Å². The minimum absolute atomic E-state index is 0.0397. The zero-order chi connectivity index (χ0) is 17.8. The molecule has 0 bridgehead atoms. The molecule has 2 heterocycles. The molecule has 0 radical (unpaired) electrons. The molecule has 1 saturated heterocycles. The van der Waals surface area contributed by atoms with Crippen LogP contribution in [0.3, 0.4) is 0 Å². The van der Waals surface area contributed by atoms with Crippen LogP contribution >= 0.6 is 0 Å². The Morgan fingerprint density at radius 1 is 1.48 bits per heavy atom. The van der Waals surface area contributed by atoms with E-state index in [1.165, 1.54) is 5.56 Å². The van der Waals surface area contributed by atoms with Gasteiger partial charge in [-0.2, -0.15) is 0 Å². The maximum absolute atomic E-state index is 11.8. The summed E-state index contributed by atoms with van der Waals surface area (Å²) < 4.78 is 5.58. The summed E-state index contributed by atoms with van der Waals surface area (Å²) >= 11 is 0. The van der Waals surface area contributed by atoms with E-state index >= 15 is 0 Å². The molecule has 0 unspecified atom stereocenters. The standard InChI is InChI=1S/C19H26N4O2/c1-14-10-21-18(25-14)13-22(3)17-7-8-23(12-17)11-15-5-4-6-16(9-15)19(24)20-2/h4-6,9-10,17H,7-8,11-13H2,1-3H3,(H,20,24)/t17-/m0/s1. The lowest BCUT2D eigenvalue weighted by Crippen LogP contribution is -2.34. The Labute approximate surface area is 148 Å². The van der Waals surface area contributed by atoms with E-state index in [-0.39, 0.29) is 5.91 Å². The molecule has 134 valence electrons. The van der Waals surface area contributed by atoms with Gasteiger partial charge in [0.15, 0.2) is 0 Å². The van der Waals surface area contributed by atoms with Gasteiger partial charge in [0.25, 0.3) is 5.91 Å². The summed E-state index contributed by atoms with van der Waals surface area (Å²) in [6, 6.07) is 8.35. The van der Waals surface area contributed by atoms with Crippen molar-refractivity contribution in [1.82, 2.24) is 20.1 Å². The van der Waals surface area contributed by atoms with Crippen LogP contribution < -0.4 is 5.32 Å². The van der Waals surface area contributed by atoms with Gasteiger partial charge < -0.3 is 9.73 Å². The van der Waals surface area contributed by atoms with Crippen molar-refractivity contribution < 1.29 is 9.21 Å². The molecule has 1 fully saturated rings. The Kier molecular flexibility index (Phi) is 5.50. The predicted molar refractivity (Wildman–Crippen MR) is 96.2 cm³/mol. The number of carbonyl (C=O) groups excluding carboxylic acids is 1. The number of likely N-dealkylation sites (N-methyl/N-ethyl adjacent to an activating group) is 1. The maximum atomic E-state index is 11.8. The van der Waals surface area contributed by atoms with Crippen molar-refractivity contribution in [3.05, 3.63) is 53.2 Å². The number of rotatable bonds is 6. The monoisotopic (exact) mass is 342 g/mol. The van der Waals surface area contributed by atoms with Crippen LogP contribution in [0.1, 0.15) is 34.0 Å². The molecule has 1 atom stereocenters. The number of hydrogen-bond acceptors (Lipinski definition) is 5. The average molecular weight is 342 g/mol. The number of oxazole rings is 1. The number of aromatic nitrogens is 1. The summed E-state index contributed by atoms with van der Waals surface area (Å²) in [7, 11) is 3.78. The summed E-state index contributed by atoms with van der Waals surface area (Å²) in [5.74, 6) is 1.59. The highest BCUT2D eigenvalue weighted by atomic mass is 16.4. The second-order valence-corrected chi connectivity index (χ2v) is 6.74. The number of nitrogens with zero attached hydrogens (tertiary/aromatic N) is 3. The first kappa shape index (κ1) is 17.6. The largest absolute Gasteiger partial charge is 0.445 e. The zero-order valence-electron chi connectivity index (χ0n) is 15.2. The smallest absolute Gasteiger partial charge is 0.251 e. The lowest BCUT2D eigenvalue weighted by atomic mass is 10.1. The molecule has 1 N–H and O–H groups in total. The summed E-state index contributed by atoms with van der Waals surface area (Å²) in [6.45, 7) is 5.59. The molecule has 1 aromatic carbocycles. The van der Waals surface area contributed by atoms with Crippen LogP contribution in [0.5, 0.6) is 0 Å². The van der Waals surface area contributed by atoms with Gasteiger partial charge in [-0.05, 0) is 38.1 Å². The summed E-state index contributed by atoms with van der Waals surface area (Å²) in [6.07, 6.45) is 2.90. The van der Waals surface area contributed by atoms with Crippen molar-refractivity contribution >= 4 is 5.91 Å². The number of benzene rings is 1. The van der Waals surface area contributed by atoms with Crippen LogP contribution in [0.2, 0.25) is 0 Å². The normalized spacial score (nSPS) is 18.0. The van der Waals surface area contributed by atoms with Crippen LogP contribution in [0.4, 0.5) is 0 Å². The van der Waals surface area contributed by atoms with Crippen molar-refractivity contribution in [2.24, 2.45) is 0 Å². The van der Waals surface area contributed by atoms with Crippen LogP contribution in [0.25, 0.3) is 0 Å². The second kappa shape index (κ2) is 7.80. The predicted octanol–water partition coefficient (Wildman–Crippen LogP) is 2.05. The molecule has 6 nitrogen and oxygen atoms in total. The number of hydrogen-bond donors (Lipinski definition) is 1. The molecule has 1 aliphatic rings. The summed E-state index contributed by atoms with van der Waals surface area (Å²) in [5, 5.41) is 2.67. The quantitative estimate of drug-likeness (QED) is 0.871. The molecular weight excluding hydrogens is 316 g/mol. The van der Waals surface area contributed by atoms with Gasteiger partial charge in [-0.3, -0.25) is 14.6 Å². The Hall–Kier alpha value is -2.18. The van der Waals surface area contributed by atoms with E-state index in [9.17, 15) is 4.79 Å². The first-order chi connectivity index (χ1) is 12.0. The summed E-state index contributed by atoms with van der Waals surface area (Å²) in [5.41, 5.74) is 1.89. The van der Waals surface area contributed by atoms with Gasteiger partial charge in [0.05, 0.1) is 12.7 Å². The number of amides is 1. The number of nitrogens with one attached hydrogen (secondary N) is 1. The molecule has 0 spiro atoms. The Balaban J connectivity index is 1.55. The van der Waals surface area contributed by atoms with E-state index in [1.807, 2.05) is 25.1 Å². The minimum atomic E-state index is -0.0397. The van der Waals surface area contributed by atoms with E-state index in [4.69, 9.17) is 4.42 Å². The fourth-order valence-corrected chi connectivity index (χ4v) is 3.35. The van der Waals surface area contributed by atoms with E-state index in [0.29, 0.717) is 11.6 Å². The molecule has 1 aromatic heterocycles. The molecule has 6 heteroatoms. The van der Waals surface area contributed by atoms with Gasteiger partial charge >= 0.3 is 0 Å². The minimum Gasteiger partial charge on any atom is -0.445 e. The van der Waals surface area contributed by atoms with Gasteiger partial charge in [-0.1, -0.05) is 12.1 Å². The fourth-order valence-electron chi connectivity index (χ4n) is 3.35. The molecule has 0 saturated carbocycles. The van der Waals surface area contributed by atoms with Gasteiger partial charge in [-0.15, -0.1) is 0 Å². The van der Waals surface area contributed by atoms with E-state index in [1.54, 1.807) is 13.2 Å². The third kappa shape index (κ3) is 4.46. The third-order valence-corrected chi connectivity index (χ3v) is 4.75. The van der Waals surface area contributed by atoms with Crippen molar-refractivity contribution in [3.63, 3.8) is 0 Å². The van der Waals surface area contributed by atoms with Gasteiger partial charge in [0.1, 0.15) is 5.76 Å². The zero-order valence-corrected chi connectivity index (χ0v) is 15.2. The SMILES string of the molecule is CNC(=O)c1cccc(CN2CC[C@H](N(C)Cc3ncc(C)o3)C2)c1. The van der Waals surface area contributed by atoms with Crippen molar-refractivity contribution in [3.8, 4) is 0 Å². The van der Waals surface area contributed by atoms with Crippen LogP contribution in [-0.4, -0.2) is 53.9 Å². The molecule has 3 rings (SSSR count). The highest BCUT2D eigenvalue weighted by molar-refractivity contribution is 5.94. The Morgan fingerprint density at radius 2 is 2.32 bits per heavy atom. The molecule has 1 aliphatic heterocycles. The molecule has 1 amide bonds. The Morgan fingerprint density at radius 3 is 3.04 bits per heavy atom.